The zero-order valence-electron chi connectivity index (χ0n) is 22.4. The normalized spacial score (nSPS) is 28.0. The molecule has 1 aromatic heterocycles. The van der Waals surface area contributed by atoms with Crippen molar-refractivity contribution in [3.8, 4) is 0 Å². The van der Waals surface area contributed by atoms with Crippen LogP contribution in [0.15, 0.2) is 65.2 Å². The number of aliphatic imine (C=N–C) groups is 1. The maximum absolute atomic E-state index is 5.46. The number of fused-ring (bicyclic) bond motifs is 6. The molecule has 188 valence electrons. The number of para-hydroxylation sites is 2. The van der Waals surface area contributed by atoms with Gasteiger partial charge in [-0.3, -0.25) is 4.99 Å². The van der Waals surface area contributed by atoms with E-state index >= 15 is 0 Å². The molecule has 3 N–H and O–H groups in total. The molecule has 0 spiro atoms. The Kier molecular flexibility index (Phi) is 5.73. The highest BCUT2D eigenvalue weighted by molar-refractivity contribution is 6.08. The summed E-state index contributed by atoms with van der Waals surface area (Å²) in [5.41, 5.74) is 9.78. The van der Waals surface area contributed by atoms with E-state index in [-0.39, 0.29) is 10.8 Å². The van der Waals surface area contributed by atoms with Crippen molar-refractivity contribution in [2.45, 2.75) is 51.4 Å². The van der Waals surface area contributed by atoms with Gasteiger partial charge in [-0.15, -0.1) is 0 Å². The Bertz CT molecular complexity index is 1360. The van der Waals surface area contributed by atoms with E-state index in [4.69, 9.17) is 4.99 Å². The van der Waals surface area contributed by atoms with Crippen molar-refractivity contribution in [1.82, 2.24) is 15.6 Å². The third kappa shape index (κ3) is 3.30. The first-order valence-corrected chi connectivity index (χ1v) is 13.7. The van der Waals surface area contributed by atoms with Gasteiger partial charge in [0.1, 0.15) is 0 Å². The third-order valence-electron chi connectivity index (χ3n) is 9.33. The van der Waals surface area contributed by atoms with E-state index in [0.717, 1.165) is 32.4 Å². The van der Waals surface area contributed by atoms with E-state index in [2.05, 4.69) is 105 Å². The first-order chi connectivity index (χ1) is 17.4. The van der Waals surface area contributed by atoms with Gasteiger partial charge in [-0.05, 0) is 88.0 Å². The first-order valence-electron chi connectivity index (χ1n) is 13.7. The number of benzene rings is 2. The van der Waals surface area contributed by atoms with Crippen LogP contribution in [0.4, 0.5) is 5.69 Å². The van der Waals surface area contributed by atoms with Gasteiger partial charge in [0.15, 0.2) is 0 Å². The van der Waals surface area contributed by atoms with Crippen LogP contribution in [-0.2, 0) is 11.8 Å². The molecule has 0 bridgehead atoms. The second-order valence-electron chi connectivity index (χ2n) is 12.0. The Labute approximate surface area is 215 Å². The summed E-state index contributed by atoms with van der Waals surface area (Å²) >= 11 is 0. The fraction of sp³-hybridized carbons (Fsp3) is 0.469. The lowest BCUT2D eigenvalue weighted by Crippen LogP contribution is -2.40. The molecule has 0 amide bonds. The number of H-pyrrole nitrogens is 1. The lowest BCUT2D eigenvalue weighted by atomic mass is 9.59. The van der Waals surface area contributed by atoms with Crippen molar-refractivity contribution >= 4 is 22.3 Å². The van der Waals surface area contributed by atoms with E-state index in [1.54, 1.807) is 0 Å². The third-order valence-corrected chi connectivity index (χ3v) is 9.33. The average molecular weight is 481 g/mol. The molecule has 1 saturated carbocycles. The molecule has 2 aromatic carbocycles. The number of rotatable bonds is 7. The summed E-state index contributed by atoms with van der Waals surface area (Å²) in [6.07, 6.45) is 5.80. The van der Waals surface area contributed by atoms with Crippen LogP contribution in [0, 0.1) is 17.3 Å². The van der Waals surface area contributed by atoms with Crippen LogP contribution in [0.3, 0.4) is 0 Å². The second-order valence-corrected chi connectivity index (χ2v) is 12.0. The van der Waals surface area contributed by atoms with Gasteiger partial charge in [0.2, 0.25) is 0 Å². The Morgan fingerprint density at radius 1 is 1.00 bits per heavy atom. The number of aromatic nitrogens is 1. The molecule has 1 aliphatic heterocycles. The second kappa shape index (κ2) is 8.71. The number of hydrogen-bond donors (Lipinski definition) is 3. The molecule has 2 aliphatic carbocycles. The van der Waals surface area contributed by atoms with Gasteiger partial charge < -0.3 is 15.6 Å². The molecule has 6 rings (SSSR count). The van der Waals surface area contributed by atoms with Gasteiger partial charge in [0, 0.05) is 39.6 Å². The van der Waals surface area contributed by atoms with E-state index in [1.165, 1.54) is 44.7 Å². The molecule has 4 atom stereocenters. The first kappa shape index (κ1) is 23.7. The maximum Gasteiger partial charge on any atom is 0.0671 e. The molecule has 3 aliphatic rings. The van der Waals surface area contributed by atoms with Crippen LogP contribution in [0.25, 0.3) is 10.9 Å². The van der Waals surface area contributed by atoms with Crippen molar-refractivity contribution < 1.29 is 0 Å². The van der Waals surface area contributed by atoms with Gasteiger partial charge in [0.25, 0.3) is 0 Å². The monoisotopic (exact) mass is 480 g/mol. The average Bonchev–Trinajstić information content (AvgIpc) is 3.47. The standard InChI is InChI=1S/C32H40N4/c1-20-18-23-27(31(2,3)19-20)28(29-22(14-16-33-4)21-10-6-8-12-25(21)35-29)32(15-17-34-5)24-11-7-9-13-26(24)36-30(23)32/h6-13,18,23,27-28,33-35H,14-17,19H2,1-5H3/t23-,27-,28-,32+/m0/s1. The Hall–Kier alpha value is -2.69. The van der Waals surface area contributed by atoms with Crippen LogP contribution >= 0.6 is 0 Å². The number of aromatic amines is 1. The number of likely N-dealkylation sites (N-methyl/N-ethyl adjacent to an activating group) is 1. The van der Waals surface area contributed by atoms with Crippen LogP contribution in [0.2, 0.25) is 0 Å². The van der Waals surface area contributed by atoms with Crippen LogP contribution < -0.4 is 10.6 Å². The highest BCUT2D eigenvalue weighted by Gasteiger charge is 2.65. The Morgan fingerprint density at radius 3 is 2.56 bits per heavy atom. The fourth-order valence-electron chi connectivity index (χ4n) is 8.19. The quantitative estimate of drug-likeness (QED) is 0.349. The predicted molar refractivity (Wildman–Crippen MR) is 152 cm³/mol. The summed E-state index contributed by atoms with van der Waals surface area (Å²) in [6.45, 7) is 9.27. The van der Waals surface area contributed by atoms with Gasteiger partial charge in [-0.2, -0.15) is 0 Å². The van der Waals surface area contributed by atoms with Gasteiger partial charge in [-0.1, -0.05) is 61.9 Å². The highest BCUT2D eigenvalue weighted by Crippen LogP contribution is 2.67. The summed E-state index contributed by atoms with van der Waals surface area (Å²) in [5, 5.41) is 8.29. The molecule has 1 fully saturated rings. The minimum Gasteiger partial charge on any atom is -0.358 e. The van der Waals surface area contributed by atoms with E-state index < -0.39 is 0 Å². The SMILES string of the molecule is CNCCc1c([C@@H]2[C@@H]3[C@H](C=C(C)CC3(C)C)C3=Nc4ccccc4[C@@]32CCNC)[nH]c2ccccc12. The molecule has 0 radical (unpaired) electrons. The van der Waals surface area contributed by atoms with Crippen LogP contribution in [0.1, 0.15) is 56.4 Å². The molecule has 0 saturated heterocycles. The summed E-state index contributed by atoms with van der Waals surface area (Å²) in [7, 11) is 4.14. The maximum atomic E-state index is 5.46. The van der Waals surface area contributed by atoms with Crippen molar-refractivity contribution in [3.05, 3.63) is 77.0 Å². The molecular formula is C32H40N4. The van der Waals surface area contributed by atoms with Crippen molar-refractivity contribution in [2.75, 3.05) is 27.2 Å². The van der Waals surface area contributed by atoms with Crippen LogP contribution in [0.5, 0.6) is 0 Å². The highest BCUT2D eigenvalue weighted by atomic mass is 14.9. The zero-order valence-corrected chi connectivity index (χ0v) is 22.4. The molecule has 0 unspecified atom stereocenters. The minimum absolute atomic E-state index is 0.109. The molecule has 2 heterocycles. The number of hydrogen-bond acceptors (Lipinski definition) is 3. The Morgan fingerprint density at radius 2 is 1.75 bits per heavy atom. The summed E-state index contributed by atoms with van der Waals surface area (Å²) in [5.74, 6) is 1.20. The Balaban J connectivity index is 1.67. The summed E-state index contributed by atoms with van der Waals surface area (Å²) in [4.78, 5) is 9.48. The topological polar surface area (TPSA) is 52.2 Å². The lowest BCUT2D eigenvalue weighted by molar-refractivity contribution is 0.140. The number of nitrogens with zero attached hydrogens (tertiary/aromatic N) is 1. The van der Waals surface area contributed by atoms with E-state index in [1.807, 2.05) is 0 Å². The van der Waals surface area contributed by atoms with Gasteiger partial charge in [0.05, 0.1) is 5.69 Å². The van der Waals surface area contributed by atoms with Gasteiger partial charge in [-0.25, -0.2) is 0 Å². The van der Waals surface area contributed by atoms with Crippen molar-refractivity contribution in [2.24, 2.45) is 22.2 Å². The largest absolute Gasteiger partial charge is 0.358 e. The smallest absolute Gasteiger partial charge is 0.0671 e. The zero-order chi connectivity index (χ0) is 25.1. The molecule has 3 aromatic rings. The minimum atomic E-state index is -0.109. The van der Waals surface area contributed by atoms with Crippen LogP contribution in [-0.4, -0.2) is 37.9 Å². The predicted octanol–water partition coefficient (Wildman–Crippen LogP) is 6.27. The van der Waals surface area contributed by atoms with Crippen molar-refractivity contribution in [3.63, 3.8) is 0 Å². The summed E-state index contributed by atoms with van der Waals surface area (Å²) < 4.78 is 0. The molecule has 36 heavy (non-hydrogen) atoms. The summed E-state index contributed by atoms with van der Waals surface area (Å²) in [6, 6.07) is 17.9. The molecule has 4 heteroatoms. The lowest BCUT2D eigenvalue weighted by Gasteiger charge is -2.44. The number of nitrogens with one attached hydrogen (secondary N) is 3. The van der Waals surface area contributed by atoms with E-state index in [0.29, 0.717) is 17.8 Å². The molecular weight excluding hydrogens is 440 g/mol. The fourth-order valence-corrected chi connectivity index (χ4v) is 8.19. The number of allylic oxidation sites excluding steroid dienone is 2. The van der Waals surface area contributed by atoms with Crippen molar-refractivity contribution in [1.29, 1.82) is 0 Å². The molecule has 4 nitrogen and oxygen atoms in total. The van der Waals surface area contributed by atoms with E-state index in [9.17, 15) is 0 Å². The van der Waals surface area contributed by atoms with Gasteiger partial charge >= 0.3 is 0 Å².